The second-order valence-corrected chi connectivity index (χ2v) is 9.25. The third kappa shape index (κ3) is 9.85. The van der Waals surface area contributed by atoms with E-state index in [4.69, 9.17) is 0 Å². The summed E-state index contributed by atoms with van der Waals surface area (Å²) < 4.78 is 2.09. The zero-order valence-electron chi connectivity index (χ0n) is 17.4. The van der Waals surface area contributed by atoms with Crippen molar-refractivity contribution < 1.29 is 56.9 Å². The Hall–Kier alpha value is 0.0800. The minimum atomic E-state index is 0. The van der Waals surface area contributed by atoms with Crippen molar-refractivity contribution in [3.05, 3.63) is 47.5 Å². The summed E-state index contributed by atoms with van der Waals surface area (Å²) in [6, 6.07) is 14.0. The van der Waals surface area contributed by atoms with Crippen molar-refractivity contribution in [2.45, 2.75) is 25.7 Å². The molecular weight excluding hydrogens is 546 g/mol. The summed E-state index contributed by atoms with van der Waals surface area (Å²) in [6.45, 7) is 2.45. The Morgan fingerprint density at radius 2 is 0.923 bits per heavy atom. The quantitative estimate of drug-likeness (QED) is 0.253. The number of benzene rings is 2. The van der Waals surface area contributed by atoms with Crippen LogP contribution in [0.1, 0.15) is 24.0 Å². The van der Waals surface area contributed by atoms with Crippen molar-refractivity contribution in [3.63, 3.8) is 0 Å². The number of aryl methyl sites for hydroxylation is 2. The molecule has 0 radical (unpaired) electrons. The molecule has 2 aromatic rings. The molecule has 2 rings (SSSR count). The fourth-order valence-corrected chi connectivity index (χ4v) is 3.17. The second kappa shape index (κ2) is 11.2. The molecule has 0 aromatic heterocycles. The molecular formula is C22H36I2N2. The molecule has 0 atom stereocenters. The van der Waals surface area contributed by atoms with Crippen molar-refractivity contribution in [2.75, 3.05) is 55.4 Å². The van der Waals surface area contributed by atoms with E-state index in [2.05, 4.69) is 78.7 Å². The topological polar surface area (TPSA) is 0 Å². The van der Waals surface area contributed by atoms with Gasteiger partial charge in [-0.25, -0.2) is 0 Å². The van der Waals surface area contributed by atoms with Gasteiger partial charge < -0.3 is 56.9 Å². The molecule has 2 aromatic carbocycles. The number of hydrogen-bond donors (Lipinski definition) is 0. The van der Waals surface area contributed by atoms with Gasteiger partial charge in [-0.05, 0) is 34.7 Å². The maximum absolute atomic E-state index is 2.38. The average Bonchev–Trinajstić information content (AvgIpc) is 2.44. The molecule has 148 valence electrons. The molecule has 0 aliphatic heterocycles. The van der Waals surface area contributed by atoms with Gasteiger partial charge in [0.2, 0.25) is 0 Å². The SMILES string of the molecule is C[N+](C)(C)CCCc1ccc2cc(CCC[N+](C)(C)C)ccc2c1.[I-].[I-]. The van der Waals surface area contributed by atoms with Crippen LogP contribution in [0.15, 0.2) is 36.4 Å². The van der Waals surface area contributed by atoms with Gasteiger partial charge in [0.15, 0.2) is 0 Å². The predicted molar refractivity (Wildman–Crippen MR) is 106 cm³/mol. The van der Waals surface area contributed by atoms with Crippen LogP contribution in [0.4, 0.5) is 0 Å². The fraction of sp³-hybridized carbons (Fsp3) is 0.545. The van der Waals surface area contributed by atoms with Crippen LogP contribution in [0.25, 0.3) is 10.8 Å². The number of rotatable bonds is 8. The van der Waals surface area contributed by atoms with E-state index in [0.717, 1.165) is 8.97 Å². The Morgan fingerprint density at radius 1 is 0.577 bits per heavy atom. The van der Waals surface area contributed by atoms with Crippen LogP contribution in [0.3, 0.4) is 0 Å². The molecule has 0 N–H and O–H groups in total. The largest absolute Gasteiger partial charge is 1.00 e. The number of quaternary nitrogens is 2. The number of fused-ring (bicyclic) bond motifs is 1. The van der Waals surface area contributed by atoms with E-state index >= 15 is 0 Å². The van der Waals surface area contributed by atoms with Crippen molar-refractivity contribution in [1.29, 1.82) is 0 Å². The van der Waals surface area contributed by atoms with E-state index in [1.54, 1.807) is 0 Å². The highest BCUT2D eigenvalue weighted by molar-refractivity contribution is 5.83. The lowest BCUT2D eigenvalue weighted by atomic mass is 10.00. The summed E-state index contributed by atoms with van der Waals surface area (Å²) in [5.41, 5.74) is 2.93. The van der Waals surface area contributed by atoms with Gasteiger partial charge in [-0.1, -0.05) is 36.4 Å². The molecule has 0 unspecified atom stereocenters. The Kier molecular flexibility index (Phi) is 11.2. The van der Waals surface area contributed by atoms with Crippen LogP contribution >= 0.6 is 0 Å². The van der Waals surface area contributed by atoms with Crippen LogP contribution in [-0.2, 0) is 12.8 Å². The number of halogens is 2. The molecule has 0 fully saturated rings. The maximum Gasteiger partial charge on any atom is 0.0783 e. The summed E-state index contributed by atoms with van der Waals surface area (Å²) in [6.07, 6.45) is 4.85. The predicted octanol–water partition coefficient (Wildman–Crippen LogP) is -1.87. The molecule has 0 aliphatic rings. The Balaban J connectivity index is 0.00000312. The first kappa shape index (κ1) is 26.1. The molecule has 2 nitrogen and oxygen atoms in total. The summed E-state index contributed by atoms with van der Waals surface area (Å²) in [5.74, 6) is 0. The lowest BCUT2D eigenvalue weighted by molar-refractivity contribution is -0.870. The molecule has 0 bridgehead atoms. The summed E-state index contributed by atoms with van der Waals surface area (Å²) >= 11 is 0. The highest BCUT2D eigenvalue weighted by atomic mass is 127. The molecule has 0 heterocycles. The first-order valence-corrected chi connectivity index (χ1v) is 9.25. The van der Waals surface area contributed by atoms with E-state index in [-0.39, 0.29) is 48.0 Å². The van der Waals surface area contributed by atoms with Crippen molar-refractivity contribution in [1.82, 2.24) is 0 Å². The van der Waals surface area contributed by atoms with Gasteiger partial charge in [-0.3, -0.25) is 0 Å². The highest BCUT2D eigenvalue weighted by Crippen LogP contribution is 2.20. The van der Waals surface area contributed by atoms with Crippen LogP contribution in [0.5, 0.6) is 0 Å². The number of hydrogen-bond acceptors (Lipinski definition) is 0. The van der Waals surface area contributed by atoms with Crippen LogP contribution < -0.4 is 48.0 Å². The van der Waals surface area contributed by atoms with E-state index in [0.29, 0.717) is 0 Å². The summed E-state index contributed by atoms with van der Waals surface area (Å²) in [5, 5.41) is 2.77. The van der Waals surface area contributed by atoms with E-state index in [1.165, 1.54) is 60.7 Å². The zero-order valence-corrected chi connectivity index (χ0v) is 21.7. The van der Waals surface area contributed by atoms with Crippen LogP contribution in [0.2, 0.25) is 0 Å². The normalized spacial score (nSPS) is 11.8. The van der Waals surface area contributed by atoms with E-state index in [1.807, 2.05) is 0 Å². The first-order valence-electron chi connectivity index (χ1n) is 9.25. The second-order valence-electron chi connectivity index (χ2n) is 9.25. The standard InChI is InChI=1S/C22H36N2.2HI/c1-23(2,3)15-7-9-19-11-13-22-18-20(12-14-21(22)17-19)10-8-16-24(4,5)6;;/h11-14,17-18H,7-10,15-16H2,1-6H3;2*1H/q+2;;/p-2. The van der Waals surface area contributed by atoms with Gasteiger partial charge in [0, 0.05) is 12.8 Å². The van der Waals surface area contributed by atoms with Gasteiger partial charge in [0.05, 0.1) is 55.4 Å². The van der Waals surface area contributed by atoms with Gasteiger partial charge in [-0.2, -0.15) is 0 Å². The lowest BCUT2D eigenvalue weighted by Gasteiger charge is -2.23. The smallest absolute Gasteiger partial charge is 0.0783 e. The Bertz CT molecular complexity index is 611. The van der Waals surface area contributed by atoms with E-state index in [9.17, 15) is 0 Å². The highest BCUT2D eigenvalue weighted by Gasteiger charge is 2.08. The van der Waals surface area contributed by atoms with Gasteiger partial charge in [0.1, 0.15) is 0 Å². The molecule has 4 heteroatoms. The molecule has 0 amide bonds. The molecule has 0 spiro atoms. The van der Waals surface area contributed by atoms with Gasteiger partial charge in [-0.15, -0.1) is 0 Å². The minimum Gasteiger partial charge on any atom is -1.00 e. The maximum atomic E-state index is 2.38. The molecule has 0 saturated carbocycles. The van der Waals surface area contributed by atoms with Gasteiger partial charge in [0.25, 0.3) is 0 Å². The van der Waals surface area contributed by atoms with Crippen LogP contribution in [-0.4, -0.2) is 64.3 Å². The lowest BCUT2D eigenvalue weighted by Crippen LogP contribution is -3.00. The van der Waals surface area contributed by atoms with Crippen molar-refractivity contribution in [3.8, 4) is 0 Å². The average molecular weight is 582 g/mol. The van der Waals surface area contributed by atoms with Crippen molar-refractivity contribution in [2.24, 2.45) is 0 Å². The van der Waals surface area contributed by atoms with E-state index < -0.39 is 0 Å². The molecule has 26 heavy (non-hydrogen) atoms. The van der Waals surface area contributed by atoms with Crippen molar-refractivity contribution >= 4 is 10.8 Å². The van der Waals surface area contributed by atoms with Crippen LogP contribution in [0, 0.1) is 0 Å². The number of nitrogens with zero attached hydrogens (tertiary/aromatic N) is 2. The third-order valence-corrected chi connectivity index (χ3v) is 4.56. The molecule has 0 aliphatic carbocycles. The minimum absolute atomic E-state index is 0. The zero-order chi connectivity index (χ0) is 17.8. The summed E-state index contributed by atoms with van der Waals surface area (Å²) in [7, 11) is 13.6. The Morgan fingerprint density at radius 3 is 1.23 bits per heavy atom. The first-order chi connectivity index (χ1) is 11.1. The summed E-state index contributed by atoms with van der Waals surface area (Å²) in [4.78, 5) is 0. The Labute approximate surface area is 195 Å². The van der Waals surface area contributed by atoms with Gasteiger partial charge >= 0.3 is 0 Å². The monoisotopic (exact) mass is 582 g/mol. The molecule has 0 saturated heterocycles. The fourth-order valence-electron chi connectivity index (χ4n) is 3.17. The third-order valence-electron chi connectivity index (χ3n) is 4.56.